The van der Waals surface area contributed by atoms with Crippen molar-refractivity contribution in [1.82, 2.24) is 0 Å². The lowest BCUT2D eigenvalue weighted by Crippen LogP contribution is -2.46. The number of carbonyl (C=O) groups excluding carboxylic acids is 1. The van der Waals surface area contributed by atoms with Gasteiger partial charge in [-0.15, -0.1) is 0 Å². The van der Waals surface area contributed by atoms with Gasteiger partial charge in [-0.25, -0.2) is 0 Å². The van der Waals surface area contributed by atoms with E-state index in [1.54, 1.807) is 0 Å². The molecule has 0 saturated carbocycles. The first-order valence-corrected chi connectivity index (χ1v) is 31.5. The van der Waals surface area contributed by atoms with E-state index in [9.17, 15) is 20.1 Å². The Morgan fingerprint density at radius 2 is 0.600 bits per heavy atom. The van der Waals surface area contributed by atoms with Crippen LogP contribution < -0.4 is 0 Å². The van der Waals surface area contributed by atoms with Crippen molar-refractivity contribution < 1.29 is 29.6 Å². The van der Waals surface area contributed by atoms with Gasteiger partial charge in [0.25, 0.3) is 0 Å². The second-order valence-corrected chi connectivity index (χ2v) is 27.7. The number of aromatic hydroxyl groups is 2. The molecule has 2 aromatic carbocycles. The number of aliphatic carboxylic acids is 1. The molecular formula is C69H120O6. The number of phenolic OH excluding ortho intramolecular Hbond substituents is 2. The molecule has 1 unspecified atom stereocenters. The smallest absolute Gasteiger partial charge is 0.324 e. The van der Waals surface area contributed by atoms with E-state index in [0.717, 1.165) is 73.6 Å². The highest BCUT2D eigenvalue weighted by Gasteiger charge is 2.49. The Labute approximate surface area is 463 Å². The highest BCUT2D eigenvalue weighted by Crippen LogP contribution is 2.44. The van der Waals surface area contributed by atoms with Gasteiger partial charge in [0.05, 0.1) is 0 Å². The van der Waals surface area contributed by atoms with Crippen LogP contribution in [0.1, 0.15) is 342 Å². The van der Waals surface area contributed by atoms with Crippen LogP contribution in [-0.4, -0.2) is 33.4 Å². The number of unbranched alkanes of at least 4 members (excludes halogenated alkanes) is 29. The van der Waals surface area contributed by atoms with Crippen molar-refractivity contribution >= 4 is 11.9 Å². The Morgan fingerprint density at radius 1 is 0.387 bits per heavy atom. The summed E-state index contributed by atoms with van der Waals surface area (Å²) in [6.07, 6.45) is 40.8. The van der Waals surface area contributed by atoms with Crippen LogP contribution in [0, 0.1) is 5.41 Å². The quantitative estimate of drug-likeness (QED) is 0.0349. The lowest BCUT2D eigenvalue weighted by molar-refractivity contribution is -0.173. The molecule has 0 spiro atoms. The fourth-order valence-corrected chi connectivity index (χ4v) is 11.2. The van der Waals surface area contributed by atoms with Crippen LogP contribution >= 0.6 is 0 Å². The van der Waals surface area contributed by atoms with Crippen LogP contribution in [0.4, 0.5) is 0 Å². The third kappa shape index (κ3) is 26.0. The van der Waals surface area contributed by atoms with Crippen molar-refractivity contribution in [1.29, 1.82) is 0 Å². The van der Waals surface area contributed by atoms with E-state index < -0.39 is 39.0 Å². The van der Waals surface area contributed by atoms with Gasteiger partial charge in [0, 0.05) is 0 Å². The van der Waals surface area contributed by atoms with Crippen molar-refractivity contribution in [2.24, 2.45) is 5.41 Å². The maximum Gasteiger partial charge on any atom is 0.324 e. The van der Waals surface area contributed by atoms with Gasteiger partial charge in [-0.1, -0.05) is 307 Å². The third-order valence-corrected chi connectivity index (χ3v) is 16.2. The Hall–Kier alpha value is -3.02. The van der Waals surface area contributed by atoms with Gasteiger partial charge in [0.2, 0.25) is 0 Å². The maximum atomic E-state index is 15.4. The average molecular weight is 1050 g/mol. The summed E-state index contributed by atoms with van der Waals surface area (Å²) in [5.74, 6) is -1.48. The van der Waals surface area contributed by atoms with Crippen molar-refractivity contribution in [3.8, 4) is 11.5 Å². The zero-order valence-electron chi connectivity index (χ0n) is 51.7. The van der Waals surface area contributed by atoms with Crippen LogP contribution in [0.5, 0.6) is 11.5 Å². The standard InChI is InChI=1S/C69H120O6/c1-15-17-19-21-23-25-27-29-31-33-35-37-39-41-43-45-47-56(46-44-42-40-38-36-34-32-30-28-26-24-22-20-18-16-2)75-64(74)69(63(72)73,52-54-48-57(65(3,4)5)61(70)58(49-54)66(6,7)8)53-55-50-59(67(9,10)11)62(71)60(51-55)68(12,13)14/h48-51,56,70-71H,15-47,52-53H2,1-14H3,(H,72,73). The van der Waals surface area contributed by atoms with E-state index in [4.69, 9.17) is 4.74 Å². The van der Waals surface area contributed by atoms with Gasteiger partial charge in [-0.3, -0.25) is 9.59 Å². The largest absolute Gasteiger partial charge is 0.507 e. The van der Waals surface area contributed by atoms with Gasteiger partial charge in [0.15, 0.2) is 5.41 Å². The highest BCUT2D eigenvalue weighted by atomic mass is 16.5. The summed E-state index contributed by atoms with van der Waals surface area (Å²) >= 11 is 0. The Bertz CT molecular complexity index is 1730. The van der Waals surface area contributed by atoms with Gasteiger partial charge in [-0.05, 0) is 93.6 Å². The summed E-state index contributed by atoms with van der Waals surface area (Å²) in [7, 11) is 0. The lowest BCUT2D eigenvalue weighted by Gasteiger charge is -2.33. The minimum atomic E-state index is -1.98. The number of ether oxygens (including phenoxy) is 1. The first-order valence-electron chi connectivity index (χ1n) is 31.5. The highest BCUT2D eigenvalue weighted by molar-refractivity contribution is 6.00. The van der Waals surface area contributed by atoms with E-state index in [-0.39, 0.29) is 30.4 Å². The molecule has 0 heterocycles. The molecule has 0 aliphatic carbocycles. The van der Waals surface area contributed by atoms with E-state index in [0.29, 0.717) is 11.1 Å². The fraction of sp³-hybridized carbons (Fsp3) is 0.797. The second-order valence-electron chi connectivity index (χ2n) is 27.7. The Balaban J connectivity index is 2.40. The fourth-order valence-electron chi connectivity index (χ4n) is 11.2. The third-order valence-electron chi connectivity index (χ3n) is 16.2. The molecule has 3 N–H and O–H groups in total. The summed E-state index contributed by atoms with van der Waals surface area (Å²) in [6.45, 7) is 29.2. The predicted octanol–water partition coefficient (Wildman–Crippen LogP) is 21.0. The summed E-state index contributed by atoms with van der Waals surface area (Å²) < 4.78 is 6.68. The Kier molecular flexibility index (Phi) is 31.6. The first kappa shape index (κ1) is 68.1. The minimum Gasteiger partial charge on any atom is -0.507 e. The van der Waals surface area contributed by atoms with Crippen LogP contribution in [0.3, 0.4) is 0 Å². The predicted molar refractivity (Wildman–Crippen MR) is 322 cm³/mol. The van der Waals surface area contributed by atoms with Crippen LogP contribution in [-0.2, 0) is 48.8 Å². The number of hydrogen-bond acceptors (Lipinski definition) is 5. The number of rotatable bonds is 40. The molecule has 2 rings (SSSR count). The molecule has 0 bridgehead atoms. The summed E-state index contributed by atoms with van der Waals surface area (Å²) in [6, 6.07) is 7.66. The summed E-state index contributed by atoms with van der Waals surface area (Å²) in [5, 5.41) is 35.2. The molecule has 2 aromatic rings. The number of hydrogen-bond donors (Lipinski definition) is 3. The zero-order valence-corrected chi connectivity index (χ0v) is 51.7. The van der Waals surface area contributed by atoms with Gasteiger partial charge in [0.1, 0.15) is 17.6 Å². The molecule has 6 heteroatoms. The molecule has 6 nitrogen and oxygen atoms in total. The molecule has 0 aliphatic rings. The van der Waals surface area contributed by atoms with Gasteiger partial charge in [-0.2, -0.15) is 0 Å². The van der Waals surface area contributed by atoms with Crippen LogP contribution in [0.2, 0.25) is 0 Å². The van der Waals surface area contributed by atoms with Crippen LogP contribution in [0.25, 0.3) is 0 Å². The number of benzene rings is 2. The van der Waals surface area contributed by atoms with Gasteiger partial charge >= 0.3 is 11.9 Å². The SMILES string of the molecule is CCCCCCCCCCCCCCCCCCC(CCCCCCCCCCCCCCCCC)OC(=O)C(Cc1cc(C(C)(C)C)c(O)c(C(C)(C)C)c1)(Cc1cc(C(C)(C)C)c(O)c(C(C)(C)C)c1)C(=O)O. The van der Waals surface area contributed by atoms with Crippen LogP contribution in [0.15, 0.2) is 24.3 Å². The summed E-state index contributed by atoms with van der Waals surface area (Å²) in [5.41, 5.74) is 0.498. The molecule has 0 saturated heterocycles. The zero-order chi connectivity index (χ0) is 56.1. The van der Waals surface area contributed by atoms with Crippen molar-refractivity contribution in [2.75, 3.05) is 0 Å². The summed E-state index contributed by atoms with van der Waals surface area (Å²) in [4.78, 5) is 29.8. The lowest BCUT2D eigenvalue weighted by atomic mass is 9.71. The monoisotopic (exact) mass is 1040 g/mol. The maximum absolute atomic E-state index is 15.4. The number of esters is 1. The van der Waals surface area contributed by atoms with Crippen molar-refractivity contribution in [3.63, 3.8) is 0 Å². The van der Waals surface area contributed by atoms with E-state index in [1.807, 2.05) is 24.3 Å². The second kappa shape index (κ2) is 34.8. The van der Waals surface area contributed by atoms with E-state index >= 15 is 4.79 Å². The molecule has 75 heavy (non-hydrogen) atoms. The molecule has 0 aliphatic heterocycles. The first-order chi connectivity index (χ1) is 35.3. The number of carbonyl (C=O) groups is 2. The topological polar surface area (TPSA) is 104 Å². The molecule has 0 amide bonds. The molecule has 1 atom stereocenters. The number of phenols is 2. The van der Waals surface area contributed by atoms with E-state index in [1.165, 1.54) is 161 Å². The molecule has 432 valence electrons. The minimum absolute atomic E-state index is 0.102. The molecule has 0 radical (unpaired) electrons. The normalized spacial score (nSPS) is 13.1. The van der Waals surface area contributed by atoms with Gasteiger partial charge < -0.3 is 20.1 Å². The van der Waals surface area contributed by atoms with Crippen molar-refractivity contribution in [2.45, 2.75) is 349 Å². The number of carboxylic acids is 1. The number of carboxylic acid groups (broad SMARTS) is 1. The molecule has 0 fully saturated rings. The Morgan fingerprint density at radius 3 is 0.800 bits per heavy atom. The average Bonchev–Trinajstić information content (AvgIpc) is 3.31. The molecule has 0 aromatic heterocycles. The van der Waals surface area contributed by atoms with Crippen molar-refractivity contribution in [3.05, 3.63) is 57.6 Å². The van der Waals surface area contributed by atoms with E-state index in [2.05, 4.69) is 96.9 Å². The molecular weight excluding hydrogens is 925 g/mol.